The molecular formula is C21H22F2N4O. The maximum Gasteiger partial charge on any atom is 0.231 e. The van der Waals surface area contributed by atoms with Gasteiger partial charge >= 0.3 is 0 Å². The third-order valence-corrected chi connectivity index (χ3v) is 4.87. The molecule has 0 saturated heterocycles. The summed E-state index contributed by atoms with van der Waals surface area (Å²) in [6.07, 6.45) is 2.75. The molecule has 7 heteroatoms. The van der Waals surface area contributed by atoms with Gasteiger partial charge in [0.15, 0.2) is 5.82 Å². The summed E-state index contributed by atoms with van der Waals surface area (Å²) >= 11 is 0. The van der Waals surface area contributed by atoms with Gasteiger partial charge in [0.05, 0.1) is 12.1 Å². The highest BCUT2D eigenvalue weighted by Crippen LogP contribution is 2.34. The molecular weight excluding hydrogens is 362 g/mol. The van der Waals surface area contributed by atoms with E-state index in [0.717, 1.165) is 11.1 Å². The molecule has 1 aliphatic carbocycles. The summed E-state index contributed by atoms with van der Waals surface area (Å²) in [6.45, 7) is 4.45. The first kappa shape index (κ1) is 18.6. The summed E-state index contributed by atoms with van der Waals surface area (Å²) < 4.78 is 29.2. The number of carbonyl (C=O) groups excluding carboxylic acids is 1. The number of rotatable bonds is 6. The van der Waals surface area contributed by atoms with E-state index >= 15 is 0 Å². The first-order valence-corrected chi connectivity index (χ1v) is 9.37. The number of fused-ring (bicyclic) bond motifs is 1. The smallest absolute Gasteiger partial charge is 0.231 e. The third-order valence-electron chi connectivity index (χ3n) is 4.87. The number of amides is 1. The number of nitrogens with one attached hydrogen (secondary N) is 2. The quantitative estimate of drug-likeness (QED) is 0.677. The number of hydrogen-bond acceptors (Lipinski definition) is 3. The standard InChI is InChI=1S/C21H22F2N4O/c1-12(2)24-9-16-14(4-3-5-17(16)22)13-6-7-20-25-19(11-27(20)10-13)26-21(28)15-8-18(15)23/h3-7,10-12,15,18,24H,8-9H2,1-2H3,(H,26,28)/t15-,18+/m1/s1. The fourth-order valence-electron chi connectivity index (χ4n) is 3.18. The molecule has 2 atom stereocenters. The summed E-state index contributed by atoms with van der Waals surface area (Å²) in [5.41, 5.74) is 2.89. The van der Waals surface area contributed by atoms with Crippen LogP contribution in [-0.4, -0.2) is 27.5 Å². The van der Waals surface area contributed by atoms with E-state index in [1.807, 2.05) is 38.2 Å². The van der Waals surface area contributed by atoms with Crippen LogP contribution in [0.15, 0.2) is 42.7 Å². The normalized spacial score (nSPS) is 18.6. The average molecular weight is 384 g/mol. The Labute approximate surface area is 161 Å². The zero-order valence-corrected chi connectivity index (χ0v) is 15.7. The van der Waals surface area contributed by atoms with E-state index < -0.39 is 12.1 Å². The summed E-state index contributed by atoms with van der Waals surface area (Å²) in [5, 5.41) is 5.91. The van der Waals surface area contributed by atoms with Gasteiger partial charge in [-0.3, -0.25) is 4.79 Å². The maximum absolute atomic E-state index is 14.4. The zero-order valence-electron chi connectivity index (χ0n) is 15.7. The van der Waals surface area contributed by atoms with Crippen LogP contribution in [0.1, 0.15) is 25.8 Å². The molecule has 1 aliphatic rings. The van der Waals surface area contributed by atoms with Crippen molar-refractivity contribution in [3.05, 3.63) is 54.1 Å². The summed E-state index contributed by atoms with van der Waals surface area (Å²) in [7, 11) is 0. The van der Waals surface area contributed by atoms with Gasteiger partial charge in [0.2, 0.25) is 5.91 Å². The van der Waals surface area contributed by atoms with Crippen molar-refractivity contribution >= 4 is 17.4 Å². The number of aromatic nitrogens is 2. The minimum absolute atomic E-state index is 0.241. The Balaban J connectivity index is 1.63. The van der Waals surface area contributed by atoms with Crippen LogP contribution in [0, 0.1) is 11.7 Å². The fraction of sp³-hybridized carbons (Fsp3) is 0.333. The number of benzene rings is 1. The zero-order chi connectivity index (χ0) is 19.8. The highest BCUT2D eigenvalue weighted by molar-refractivity contribution is 5.94. The second kappa shape index (κ2) is 7.31. The third kappa shape index (κ3) is 3.75. The van der Waals surface area contributed by atoms with Crippen LogP contribution < -0.4 is 10.6 Å². The molecule has 5 nitrogen and oxygen atoms in total. The summed E-state index contributed by atoms with van der Waals surface area (Å²) in [4.78, 5) is 16.3. The lowest BCUT2D eigenvalue weighted by molar-refractivity contribution is -0.117. The van der Waals surface area contributed by atoms with Crippen molar-refractivity contribution < 1.29 is 13.6 Å². The SMILES string of the molecule is CC(C)NCc1c(F)cccc1-c1ccc2nc(NC(=O)[C@@H]3C[C@@H]3F)cn2c1. The van der Waals surface area contributed by atoms with E-state index in [1.54, 1.807) is 16.7 Å². The van der Waals surface area contributed by atoms with Crippen molar-refractivity contribution in [3.8, 4) is 11.1 Å². The van der Waals surface area contributed by atoms with E-state index in [-0.39, 0.29) is 24.2 Å². The minimum atomic E-state index is -1.05. The first-order valence-electron chi connectivity index (χ1n) is 9.37. The predicted molar refractivity (Wildman–Crippen MR) is 104 cm³/mol. The molecule has 1 fully saturated rings. The van der Waals surface area contributed by atoms with E-state index in [4.69, 9.17) is 0 Å². The van der Waals surface area contributed by atoms with Gasteiger partial charge in [-0.15, -0.1) is 0 Å². The van der Waals surface area contributed by atoms with E-state index in [2.05, 4.69) is 15.6 Å². The van der Waals surface area contributed by atoms with E-state index in [1.165, 1.54) is 6.07 Å². The van der Waals surface area contributed by atoms with Crippen molar-refractivity contribution in [1.29, 1.82) is 0 Å². The van der Waals surface area contributed by atoms with Crippen LogP contribution in [0.25, 0.3) is 16.8 Å². The molecule has 4 rings (SSSR count). The van der Waals surface area contributed by atoms with Crippen LogP contribution in [0.3, 0.4) is 0 Å². The minimum Gasteiger partial charge on any atom is -0.310 e. The topological polar surface area (TPSA) is 58.4 Å². The van der Waals surface area contributed by atoms with E-state index in [0.29, 0.717) is 23.6 Å². The van der Waals surface area contributed by atoms with Crippen LogP contribution in [0.2, 0.25) is 0 Å². The second-order valence-electron chi connectivity index (χ2n) is 7.46. The first-order chi connectivity index (χ1) is 13.4. The van der Waals surface area contributed by atoms with Crippen LogP contribution in [-0.2, 0) is 11.3 Å². The Morgan fingerprint density at radius 2 is 2.07 bits per heavy atom. The van der Waals surface area contributed by atoms with Gasteiger partial charge in [0.1, 0.15) is 17.6 Å². The average Bonchev–Trinajstić information content (AvgIpc) is 3.25. The molecule has 2 aromatic heterocycles. The monoisotopic (exact) mass is 384 g/mol. The van der Waals surface area contributed by atoms with Crippen LogP contribution in [0.4, 0.5) is 14.6 Å². The van der Waals surface area contributed by atoms with Gasteiger partial charge in [-0.05, 0) is 35.7 Å². The fourth-order valence-corrected chi connectivity index (χ4v) is 3.18. The molecule has 1 aromatic carbocycles. The molecule has 0 aliphatic heterocycles. The molecule has 0 radical (unpaired) electrons. The molecule has 1 amide bonds. The van der Waals surface area contributed by atoms with Gasteiger partial charge in [-0.2, -0.15) is 0 Å². The van der Waals surface area contributed by atoms with Crippen molar-refractivity contribution in [2.75, 3.05) is 5.32 Å². The number of alkyl halides is 1. The van der Waals surface area contributed by atoms with Gasteiger partial charge in [0, 0.05) is 24.3 Å². The number of anilines is 1. The van der Waals surface area contributed by atoms with Crippen molar-refractivity contribution in [2.24, 2.45) is 5.92 Å². The van der Waals surface area contributed by atoms with Crippen molar-refractivity contribution in [3.63, 3.8) is 0 Å². The second-order valence-corrected chi connectivity index (χ2v) is 7.46. The highest BCUT2D eigenvalue weighted by atomic mass is 19.1. The van der Waals surface area contributed by atoms with Gasteiger partial charge in [-0.25, -0.2) is 13.8 Å². The Morgan fingerprint density at radius 1 is 1.29 bits per heavy atom. The largest absolute Gasteiger partial charge is 0.310 e. The molecule has 0 spiro atoms. The highest BCUT2D eigenvalue weighted by Gasteiger charge is 2.43. The molecule has 3 aromatic rings. The number of nitrogens with zero attached hydrogens (tertiary/aromatic N) is 2. The van der Waals surface area contributed by atoms with Gasteiger partial charge in [-0.1, -0.05) is 26.0 Å². The Morgan fingerprint density at radius 3 is 2.79 bits per heavy atom. The molecule has 146 valence electrons. The number of halogens is 2. The summed E-state index contributed by atoms with van der Waals surface area (Å²) in [5.74, 6) is -0.788. The lowest BCUT2D eigenvalue weighted by Crippen LogP contribution is -2.22. The van der Waals surface area contributed by atoms with Crippen molar-refractivity contribution in [1.82, 2.24) is 14.7 Å². The molecule has 0 bridgehead atoms. The van der Waals surface area contributed by atoms with Crippen molar-refractivity contribution in [2.45, 2.75) is 39.0 Å². The Kier molecular flexibility index (Phi) is 4.85. The number of imidazole rings is 1. The number of hydrogen-bond donors (Lipinski definition) is 2. The Hall–Kier alpha value is -2.80. The lowest BCUT2D eigenvalue weighted by atomic mass is 10.0. The van der Waals surface area contributed by atoms with Gasteiger partial charge in [0.25, 0.3) is 0 Å². The van der Waals surface area contributed by atoms with E-state index in [9.17, 15) is 13.6 Å². The molecule has 2 N–H and O–H groups in total. The number of carbonyl (C=O) groups is 1. The van der Waals surface area contributed by atoms with Crippen LogP contribution in [0.5, 0.6) is 0 Å². The lowest BCUT2D eigenvalue weighted by Gasteiger charge is -2.14. The van der Waals surface area contributed by atoms with Gasteiger partial charge < -0.3 is 15.0 Å². The summed E-state index contributed by atoms with van der Waals surface area (Å²) in [6, 6.07) is 8.96. The molecule has 2 heterocycles. The molecule has 1 saturated carbocycles. The number of pyridine rings is 1. The molecule has 0 unspecified atom stereocenters. The molecule has 28 heavy (non-hydrogen) atoms. The maximum atomic E-state index is 14.4. The Bertz CT molecular complexity index is 1030. The predicted octanol–water partition coefficient (Wildman–Crippen LogP) is 3.93. The van der Waals surface area contributed by atoms with Crippen LogP contribution >= 0.6 is 0 Å².